The maximum Gasteiger partial charge on any atom is 0.325 e. The van der Waals surface area contributed by atoms with Crippen molar-refractivity contribution >= 4 is 5.97 Å². The number of likely N-dealkylation sites (N-methyl/N-ethyl adjacent to an activating group) is 1. The van der Waals surface area contributed by atoms with Crippen LogP contribution in [0.5, 0.6) is 11.5 Å². The van der Waals surface area contributed by atoms with Crippen LogP contribution in [0.3, 0.4) is 0 Å². The van der Waals surface area contributed by atoms with E-state index in [9.17, 15) is 9.90 Å². The van der Waals surface area contributed by atoms with E-state index in [0.717, 1.165) is 11.1 Å². The molecule has 1 aromatic heterocycles. The second-order valence-electron chi connectivity index (χ2n) is 5.77. The Morgan fingerprint density at radius 3 is 2.58 bits per heavy atom. The Bertz CT molecular complexity index is 727. The van der Waals surface area contributed by atoms with Gasteiger partial charge in [-0.25, -0.2) is 0 Å². The molecular formula is C17H23N3O4. The zero-order valence-electron chi connectivity index (χ0n) is 14.6. The molecule has 0 aliphatic rings. The van der Waals surface area contributed by atoms with Crippen molar-refractivity contribution in [3.05, 3.63) is 41.2 Å². The van der Waals surface area contributed by atoms with Crippen LogP contribution < -0.4 is 9.47 Å². The minimum absolute atomic E-state index is 0.438. The second-order valence-corrected chi connectivity index (χ2v) is 5.77. The van der Waals surface area contributed by atoms with Crippen LogP contribution in [0.15, 0.2) is 24.5 Å². The number of hydrogen-bond acceptors (Lipinski definition) is 5. The topological polar surface area (TPSA) is 76.8 Å². The third kappa shape index (κ3) is 3.68. The molecular weight excluding hydrogens is 310 g/mol. The Kier molecular flexibility index (Phi) is 5.46. The van der Waals surface area contributed by atoms with E-state index in [1.807, 2.05) is 32.3 Å². The number of ether oxygens (including phenoxy) is 2. The van der Waals surface area contributed by atoms with E-state index in [1.54, 1.807) is 22.8 Å². The number of nitrogens with zero attached hydrogens (tertiary/aromatic N) is 3. The molecule has 2 rings (SSSR count). The number of aliphatic carboxylic acids is 1. The van der Waals surface area contributed by atoms with Crippen molar-refractivity contribution in [1.29, 1.82) is 0 Å². The summed E-state index contributed by atoms with van der Waals surface area (Å²) in [7, 11) is 6.64. The van der Waals surface area contributed by atoms with Crippen LogP contribution in [0.2, 0.25) is 0 Å². The van der Waals surface area contributed by atoms with Gasteiger partial charge in [0.15, 0.2) is 11.5 Å². The Morgan fingerprint density at radius 2 is 2.08 bits per heavy atom. The van der Waals surface area contributed by atoms with Crippen molar-refractivity contribution in [2.24, 2.45) is 7.05 Å². The summed E-state index contributed by atoms with van der Waals surface area (Å²) in [6.45, 7) is 2.34. The summed E-state index contributed by atoms with van der Waals surface area (Å²) in [5.41, 5.74) is 2.40. The van der Waals surface area contributed by atoms with Crippen molar-refractivity contribution in [3.8, 4) is 11.5 Å². The largest absolute Gasteiger partial charge is 0.493 e. The molecule has 130 valence electrons. The number of rotatable bonds is 7. The number of aryl methyl sites for hydroxylation is 2. The lowest BCUT2D eigenvalue weighted by atomic mass is 10.0. The molecule has 0 aliphatic heterocycles. The molecule has 7 heteroatoms. The van der Waals surface area contributed by atoms with Gasteiger partial charge in [0, 0.05) is 30.9 Å². The highest BCUT2D eigenvalue weighted by molar-refractivity contribution is 5.77. The summed E-state index contributed by atoms with van der Waals surface area (Å²) in [4.78, 5) is 13.7. The average molecular weight is 333 g/mol. The third-order valence-corrected chi connectivity index (χ3v) is 3.81. The van der Waals surface area contributed by atoms with Crippen LogP contribution in [0.25, 0.3) is 0 Å². The van der Waals surface area contributed by atoms with Crippen LogP contribution in [-0.2, 0) is 18.4 Å². The van der Waals surface area contributed by atoms with Gasteiger partial charge in [0.2, 0.25) is 0 Å². The zero-order chi connectivity index (χ0) is 17.9. The molecule has 0 saturated carbocycles. The van der Waals surface area contributed by atoms with Crippen molar-refractivity contribution in [1.82, 2.24) is 14.7 Å². The second kappa shape index (κ2) is 7.35. The van der Waals surface area contributed by atoms with Crippen molar-refractivity contribution in [3.63, 3.8) is 0 Å². The fourth-order valence-corrected chi connectivity index (χ4v) is 2.83. The molecule has 0 fully saturated rings. The number of carbonyl (C=O) groups is 1. The van der Waals surface area contributed by atoms with Gasteiger partial charge in [-0.2, -0.15) is 5.10 Å². The number of carboxylic acids is 1. The first kappa shape index (κ1) is 17.8. The summed E-state index contributed by atoms with van der Waals surface area (Å²) in [6.07, 6.45) is 3.59. The van der Waals surface area contributed by atoms with Gasteiger partial charge in [-0.3, -0.25) is 14.4 Å². The van der Waals surface area contributed by atoms with Crippen molar-refractivity contribution in [2.45, 2.75) is 19.5 Å². The fraction of sp³-hybridized carbons (Fsp3) is 0.412. The first-order valence-electron chi connectivity index (χ1n) is 7.50. The molecule has 1 heterocycles. The van der Waals surface area contributed by atoms with E-state index in [2.05, 4.69) is 5.10 Å². The smallest absolute Gasteiger partial charge is 0.325 e. The first-order valence-corrected chi connectivity index (χ1v) is 7.50. The molecule has 1 N–H and O–H groups in total. The number of hydrogen-bond donors (Lipinski definition) is 1. The summed E-state index contributed by atoms with van der Waals surface area (Å²) in [6, 6.07) is 2.77. The highest BCUT2D eigenvalue weighted by Gasteiger charge is 2.30. The molecule has 0 bridgehead atoms. The minimum Gasteiger partial charge on any atom is -0.493 e. The molecule has 1 aromatic carbocycles. The molecule has 7 nitrogen and oxygen atoms in total. The number of carboxylic acid groups (broad SMARTS) is 1. The lowest BCUT2D eigenvalue weighted by Crippen LogP contribution is -2.31. The lowest BCUT2D eigenvalue weighted by molar-refractivity contribution is -0.143. The van der Waals surface area contributed by atoms with Crippen LogP contribution in [-0.4, -0.2) is 47.0 Å². The minimum atomic E-state index is -0.952. The zero-order valence-corrected chi connectivity index (χ0v) is 14.6. The maximum absolute atomic E-state index is 12.0. The molecule has 0 unspecified atom stereocenters. The highest BCUT2D eigenvalue weighted by Crippen LogP contribution is 2.38. The fourth-order valence-electron chi connectivity index (χ4n) is 2.83. The van der Waals surface area contributed by atoms with Gasteiger partial charge in [0.1, 0.15) is 6.04 Å². The Morgan fingerprint density at radius 1 is 1.38 bits per heavy atom. The van der Waals surface area contributed by atoms with Crippen molar-refractivity contribution in [2.75, 3.05) is 21.3 Å². The molecule has 0 amide bonds. The predicted molar refractivity (Wildman–Crippen MR) is 89.3 cm³/mol. The molecule has 0 aliphatic carbocycles. The quantitative estimate of drug-likeness (QED) is 0.835. The lowest BCUT2D eigenvalue weighted by Gasteiger charge is -2.27. The summed E-state index contributed by atoms with van der Waals surface area (Å²) >= 11 is 0. The van der Waals surface area contributed by atoms with Gasteiger partial charge < -0.3 is 14.6 Å². The van der Waals surface area contributed by atoms with E-state index in [4.69, 9.17) is 9.47 Å². The monoisotopic (exact) mass is 333 g/mol. The van der Waals surface area contributed by atoms with Gasteiger partial charge >= 0.3 is 5.97 Å². The van der Waals surface area contributed by atoms with E-state index in [1.165, 1.54) is 14.2 Å². The summed E-state index contributed by atoms with van der Waals surface area (Å²) < 4.78 is 12.5. The van der Waals surface area contributed by atoms with Crippen LogP contribution >= 0.6 is 0 Å². The van der Waals surface area contributed by atoms with Crippen LogP contribution in [0.1, 0.15) is 22.7 Å². The van der Waals surface area contributed by atoms with Gasteiger partial charge in [-0.15, -0.1) is 0 Å². The van der Waals surface area contributed by atoms with Crippen molar-refractivity contribution < 1.29 is 19.4 Å². The van der Waals surface area contributed by atoms with E-state index >= 15 is 0 Å². The van der Waals surface area contributed by atoms with Gasteiger partial charge in [0.25, 0.3) is 0 Å². The third-order valence-electron chi connectivity index (χ3n) is 3.81. The van der Waals surface area contributed by atoms with E-state index < -0.39 is 12.0 Å². The maximum atomic E-state index is 12.0. The molecule has 24 heavy (non-hydrogen) atoms. The normalized spacial score (nSPS) is 12.2. The molecule has 0 spiro atoms. The Labute approximate surface area is 141 Å². The predicted octanol–water partition coefficient (Wildman–Crippen LogP) is 2.00. The Hall–Kier alpha value is -2.54. The summed E-state index contributed by atoms with van der Waals surface area (Å²) in [5.74, 6) is 0.00871. The van der Waals surface area contributed by atoms with Crippen LogP contribution in [0.4, 0.5) is 0 Å². The first-order chi connectivity index (χ1) is 11.4. The van der Waals surface area contributed by atoms with Gasteiger partial charge in [0.05, 0.1) is 20.4 Å². The SMILES string of the molecule is COc1cc(C)cc([C@@H](C(=O)O)N(C)Cc2cnn(C)c2)c1OC. The number of benzene rings is 1. The standard InChI is InChI=1S/C17H23N3O4/c1-11-6-13(16(24-5)14(7-11)23-4)15(17(21)22)19(2)9-12-8-18-20(3)10-12/h6-8,10,15H,9H2,1-5H3,(H,21,22)/t15-/m0/s1. The van der Waals surface area contributed by atoms with Gasteiger partial charge in [-0.05, 0) is 31.7 Å². The number of methoxy groups -OCH3 is 2. The highest BCUT2D eigenvalue weighted by atomic mass is 16.5. The van der Waals surface area contributed by atoms with Crippen LogP contribution in [0, 0.1) is 6.92 Å². The molecule has 1 atom stereocenters. The Balaban J connectivity index is 2.43. The number of aromatic nitrogens is 2. The van der Waals surface area contributed by atoms with E-state index in [0.29, 0.717) is 23.6 Å². The van der Waals surface area contributed by atoms with E-state index in [-0.39, 0.29) is 0 Å². The summed E-state index contributed by atoms with van der Waals surface area (Å²) in [5, 5.41) is 13.9. The molecule has 0 radical (unpaired) electrons. The van der Waals surface area contributed by atoms with Gasteiger partial charge in [-0.1, -0.05) is 0 Å². The molecule has 2 aromatic rings. The molecule has 0 saturated heterocycles. The average Bonchev–Trinajstić information content (AvgIpc) is 2.91.